The fraction of sp³-hybridized carbons (Fsp3) is 0.0625. The maximum absolute atomic E-state index is 12.3. The van der Waals surface area contributed by atoms with Gasteiger partial charge in [0, 0.05) is 0 Å². The summed E-state index contributed by atoms with van der Waals surface area (Å²) in [5.41, 5.74) is 1.66. The van der Waals surface area contributed by atoms with E-state index >= 15 is 0 Å². The Balaban J connectivity index is 1.60. The van der Waals surface area contributed by atoms with E-state index < -0.39 is 5.76 Å². The maximum atomic E-state index is 12.3. The predicted molar refractivity (Wildman–Crippen MR) is 93.7 cm³/mol. The Morgan fingerprint density at radius 2 is 2.08 bits per heavy atom. The average Bonchev–Trinajstić information content (AvgIpc) is 3.10. The molecule has 4 aromatic rings. The highest BCUT2D eigenvalue weighted by molar-refractivity contribution is 7.22. The van der Waals surface area contributed by atoms with Crippen LogP contribution in [0.25, 0.3) is 21.3 Å². The number of aromatic nitrogens is 2. The van der Waals surface area contributed by atoms with Gasteiger partial charge >= 0.3 is 5.76 Å². The fourth-order valence-electron chi connectivity index (χ4n) is 2.43. The predicted octanol–water partition coefficient (Wildman–Crippen LogP) is 3.50. The molecule has 0 atom stereocenters. The zero-order valence-electron chi connectivity index (χ0n) is 12.2. The van der Waals surface area contributed by atoms with Gasteiger partial charge in [-0.1, -0.05) is 41.1 Å². The SMILES string of the molecule is O=C(Cn1c(=O)oc2ccccc21)Nc1nc2c(Cl)cccc2s1. The number of carbonyl (C=O) groups is 1. The highest BCUT2D eigenvalue weighted by Gasteiger charge is 2.14. The van der Waals surface area contributed by atoms with E-state index in [9.17, 15) is 9.59 Å². The van der Waals surface area contributed by atoms with E-state index in [1.165, 1.54) is 15.9 Å². The highest BCUT2D eigenvalue weighted by atomic mass is 35.5. The number of carbonyl (C=O) groups excluding carboxylic acids is 1. The molecule has 2 heterocycles. The van der Waals surface area contributed by atoms with Gasteiger partial charge in [0.2, 0.25) is 5.91 Å². The van der Waals surface area contributed by atoms with E-state index in [0.717, 1.165) is 4.70 Å². The molecule has 1 amide bonds. The van der Waals surface area contributed by atoms with Crippen molar-refractivity contribution in [3.05, 3.63) is 58.0 Å². The molecule has 0 aliphatic carbocycles. The summed E-state index contributed by atoms with van der Waals surface area (Å²) in [6.07, 6.45) is 0. The first-order valence-electron chi connectivity index (χ1n) is 7.05. The van der Waals surface area contributed by atoms with Crippen molar-refractivity contribution in [1.82, 2.24) is 9.55 Å². The molecule has 120 valence electrons. The van der Waals surface area contributed by atoms with Gasteiger partial charge in [0.1, 0.15) is 12.1 Å². The number of thiazole rings is 1. The van der Waals surface area contributed by atoms with Gasteiger partial charge in [0.25, 0.3) is 0 Å². The van der Waals surface area contributed by atoms with Crippen LogP contribution in [0.3, 0.4) is 0 Å². The van der Waals surface area contributed by atoms with Gasteiger partial charge < -0.3 is 9.73 Å². The summed E-state index contributed by atoms with van der Waals surface area (Å²) in [4.78, 5) is 28.5. The van der Waals surface area contributed by atoms with Crippen molar-refractivity contribution in [3.8, 4) is 0 Å². The zero-order chi connectivity index (χ0) is 16.7. The minimum Gasteiger partial charge on any atom is -0.408 e. The van der Waals surface area contributed by atoms with Crippen molar-refractivity contribution in [2.75, 3.05) is 5.32 Å². The molecular formula is C16H10ClN3O3S. The lowest BCUT2D eigenvalue weighted by atomic mass is 10.3. The van der Waals surface area contributed by atoms with Crippen molar-refractivity contribution >= 4 is 55.3 Å². The number of fused-ring (bicyclic) bond motifs is 2. The molecular weight excluding hydrogens is 350 g/mol. The van der Waals surface area contributed by atoms with E-state index in [0.29, 0.717) is 26.8 Å². The highest BCUT2D eigenvalue weighted by Crippen LogP contribution is 2.30. The maximum Gasteiger partial charge on any atom is 0.420 e. The number of benzene rings is 2. The molecule has 2 aromatic carbocycles. The monoisotopic (exact) mass is 359 g/mol. The van der Waals surface area contributed by atoms with Crippen LogP contribution in [-0.2, 0) is 11.3 Å². The number of rotatable bonds is 3. The summed E-state index contributed by atoms with van der Waals surface area (Å²) in [5.74, 6) is -0.933. The molecule has 1 N–H and O–H groups in total. The normalized spacial score (nSPS) is 11.2. The van der Waals surface area contributed by atoms with E-state index in [2.05, 4.69) is 10.3 Å². The van der Waals surface area contributed by atoms with Gasteiger partial charge in [-0.15, -0.1) is 0 Å². The van der Waals surface area contributed by atoms with Gasteiger partial charge in [0.15, 0.2) is 10.7 Å². The van der Waals surface area contributed by atoms with Crippen LogP contribution in [0.2, 0.25) is 5.02 Å². The Labute approximate surface area is 144 Å². The largest absolute Gasteiger partial charge is 0.420 e. The molecule has 0 radical (unpaired) electrons. The Kier molecular flexibility index (Phi) is 3.59. The van der Waals surface area contributed by atoms with Crippen molar-refractivity contribution < 1.29 is 9.21 Å². The Morgan fingerprint density at radius 3 is 2.92 bits per heavy atom. The van der Waals surface area contributed by atoms with E-state index in [1.807, 2.05) is 12.1 Å². The standard InChI is InChI=1S/C16H10ClN3O3S/c17-9-4-3-7-12-14(9)19-15(24-12)18-13(21)8-20-10-5-1-2-6-11(10)23-16(20)22/h1-7H,8H2,(H,18,19,21). The average molecular weight is 360 g/mol. The van der Waals surface area contributed by atoms with Crippen LogP contribution in [0.15, 0.2) is 51.7 Å². The lowest BCUT2D eigenvalue weighted by molar-refractivity contribution is -0.116. The van der Waals surface area contributed by atoms with Crippen LogP contribution in [0.4, 0.5) is 5.13 Å². The third-order valence-electron chi connectivity index (χ3n) is 3.49. The third kappa shape index (κ3) is 2.57. The first-order chi connectivity index (χ1) is 11.6. The van der Waals surface area contributed by atoms with Crippen molar-refractivity contribution in [2.24, 2.45) is 0 Å². The molecule has 0 saturated heterocycles. The Bertz CT molecular complexity index is 1130. The van der Waals surface area contributed by atoms with Crippen LogP contribution >= 0.6 is 22.9 Å². The Morgan fingerprint density at radius 1 is 1.25 bits per heavy atom. The second-order valence-electron chi connectivity index (χ2n) is 5.08. The van der Waals surface area contributed by atoms with Crippen molar-refractivity contribution in [1.29, 1.82) is 0 Å². The first kappa shape index (κ1) is 14.9. The third-order valence-corrected chi connectivity index (χ3v) is 4.73. The Hall–Kier alpha value is -2.64. The summed E-state index contributed by atoms with van der Waals surface area (Å²) < 4.78 is 7.27. The van der Waals surface area contributed by atoms with E-state index in [1.54, 1.807) is 30.3 Å². The molecule has 6 nitrogen and oxygen atoms in total. The smallest absolute Gasteiger partial charge is 0.408 e. The number of amides is 1. The molecule has 4 rings (SSSR count). The number of halogens is 1. The molecule has 8 heteroatoms. The number of hydrogen-bond donors (Lipinski definition) is 1. The summed E-state index contributed by atoms with van der Waals surface area (Å²) >= 11 is 7.40. The van der Waals surface area contributed by atoms with Gasteiger partial charge in [-0.3, -0.25) is 9.36 Å². The molecule has 0 fully saturated rings. The summed E-state index contributed by atoms with van der Waals surface area (Å²) in [6.45, 7) is -0.153. The number of nitrogens with zero attached hydrogens (tertiary/aromatic N) is 2. The van der Waals surface area contributed by atoms with Gasteiger partial charge in [0.05, 0.1) is 15.2 Å². The van der Waals surface area contributed by atoms with Crippen LogP contribution in [-0.4, -0.2) is 15.5 Å². The summed E-state index contributed by atoms with van der Waals surface area (Å²) in [6, 6.07) is 12.4. The van der Waals surface area contributed by atoms with Gasteiger partial charge in [-0.25, -0.2) is 9.78 Å². The number of nitrogens with one attached hydrogen (secondary N) is 1. The van der Waals surface area contributed by atoms with Gasteiger partial charge in [-0.2, -0.15) is 0 Å². The number of para-hydroxylation sites is 3. The molecule has 0 saturated carbocycles. The first-order valence-corrected chi connectivity index (χ1v) is 8.24. The topological polar surface area (TPSA) is 77.1 Å². The number of hydrogen-bond acceptors (Lipinski definition) is 5. The second kappa shape index (κ2) is 5.77. The molecule has 24 heavy (non-hydrogen) atoms. The lowest BCUT2D eigenvalue weighted by Crippen LogP contribution is -2.24. The van der Waals surface area contributed by atoms with Crippen LogP contribution in [0.5, 0.6) is 0 Å². The number of oxazole rings is 1. The van der Waals surface area contributed by atoms with Crippen LogP contribution in [0, 0.1) is 0 Å². The van der Waals surface area contributed by atoms with Crippen LogP contribution < -0.4 is 11.1 Å². The summed E-state index contributed by atoms with van der Waals surface area (Å²) in [5, 5.41) is 3.66. The van der Waals surface area contributed by atoms with E-state index in [-0.39, 0.29) is 12.5 Å². The fourth-order valence-corrected chi connectivity index (χ4v) is 3.62. The van der Waals surface area contributed by atoms with Crippen molar-refractivity contribution in [3.63, 3.8) is 0 Å². The van der Waals surface area contributed by atoms with E-state index in [4.69, 9.17) is 16.0 Å². The molecule has 2 aromatic heterocycles. The zero-order valence-corrected chi connectivity index (χ0v) is 13.7. The minimum absolute atomic E-state index is 0.153. The quantitative estimate of drug-likeness (QED) is 0.607. The van der Waals surface area contributed by atoms with Crippen LogP contribution in [0.1, 0.15) is 0 Å². The molecule has 0 unspecified atom stereocenters. The minimum atomic E-state index is -0.571. The molecule has 0 aliphatic heterocycles. The molecule has 0 bridgehead atoms. The molecule has 0 aliphatic rings. The van der Waals surface area contributed by atoms with Crippen molar-refractivity contribution in [2.45, 2.75) is 6.54 Å². The second-order valence-corrected chi connectivity index (χ2v) is 6.51. The lowest BCUT2D eigenvalue weighted by Gasteiger charge is -2.02. The summed E-state index contributed by atoms with van der Waals surface area (Å²) in [7, 11) is 0. The number of anilines is 1. The molecule has 0 spiro atoms. The van der Waals surface area contributed by atoms with Gasteiger partial charge in [-0.05, 0) is 24.3 Å².